The van der Waals surface area contributed by atoms with Gasteiger partial charge in [-0.15, -0.1) is 0 Å². The molecule has 2 aliphatic rings. The molecule has 2 aliphatic carbocycles. The molecule has 0 aromatic rings. The smallest absolute Gasteiger partial charge is 0.0574 e. The van der Waals surface area contributed by atoms with E-state index in [0.29, 0.717) is 17.3 Å². The zero-order valence-corrected chi connectivity index (χ0v) is 11.6. The van der Waals surface area contributed by atoms with Crippen molar-refractivity contribution >= 4 is 0 Å². The van der Waals surface area contributed by atoms with E-state index in [2.05, 4.69) is 20.8 Å². The summed E-state index contributed by atoms with van der Waals surface area (Å²) >= 11 is 0. The van der Waals surface area contributed by atoms with Gasteiger partial charge in [0.1, 0.15) is 0 Å². The van der Waals surface area contributed by atoms with Gasteiger partial charge in [0.05, 0.1) is 6.10 Å². The summed E-state index contributed by atoms with van der Waals surface area (Å²) in [5, 5.41) is 19.5. The van der Waals surface area contributed by atoms with Gasteiger partial charge in [-0.1, -0.05) is 27.2 Å². The fraction of sp³-hybridized carbons (Fsp3) is 1.00. The second-order valence-corrected chi connectivity index (χ2v) is 7.16. The predicted molar refractivity (Wildman–Crippen MR) is 69.7 cm³/mol. The summed E-state index contributed by atoms with van der Waals surface area (Å²) < 4.78 is 0. The molecule has 4 unspecified atom stereocenters. The molecule has 2 nitrogen and oxygen atoms in total. The van der Waals surface area contributed by atoms with Gasteiger partial charge in [0, 0.05) is 6.61 Å². The van der Waals surface area contributed by atoms with Gasteiger partial charge >= 0.3 is 0 Å². The minimum Gasteiger partial charge on any atom is -0.396 e. The molecule has 2 rings (SSSR count). The van der Waals surface area contributed by atoms with Crippen LogP contribution in [0.4, 0.5) is 0 Å². The van der Waals surface area contributed by atoms with E-state index in [9.17, 15) is 10.2 Å². The zero-order chi connectivity index (χ0) is 12.7. The molecule has 0 amide bonds. The van der Waals surface area contributed by atoms with Crippen LogP contribution in [0.15, 0.2) is 0 Å². The number of aliphatic hydroxyl groups excluding tert-OH is 2. The minimum absolute atomic E-state index is 0.197. The lowest BCUT2D eigenvalue weighted by molar-refractivity contribution is -0.128. The van der Waals surface area contributed by atoms with Gasteiger partial charge in [-0.3, -0.25) is 0 Å². The third kappa shape index (κ3) is 2.15. The summed E-state index contributed by atoms with van der Waals surface area (Å²) in [6, 6.07) is 0. The Hall–Kier alpha value is -0.0800. The molecule has 17 heavy (non-hydrogen) atoms. The van der Waals surface area contributed by atoms with Crippen molar-refractivity contribution in [3.63, 3.8) is 0 Å². The predicted octanol–water partition coefficient (Wildman–Crippen LogP) is 2.97. The molecule has 0 aromatic heterocycles. The lowest BCUT2D eigenvalue weighted by Gasteiger charge is -2.58. The number of fused-ring (bicyclic) bond motifs is 1. The highest BCUT2D eigenvalue weighted by Crippen LogP contribution is 2.60. The van der Waals surface area contributed by atoms with Crippen molar-refractivity contribution in [1.29, 1.82) is 0 Å². The Morgan fingerprint density at radius 1 is 1.12 bits per heavy atom. The van der Waals surface area contributed by atoms with E-state index < -0.39 is 0 Å². The van der Waals surface area contributed by atoms with Crippen LogP contribution in [0, 0.1) is 22.7 Å². The number of aliphatic hydroxyl groups is 2. The van der Waals surface area contributed by atoms with Crippen LogP contribution in [0.3, 0.4) is 0 Å². The third-order valence-electron chi connectivity index (χ3n) is 5.78. The highest BCUT2D eigenvalue weighted by atomic mass is 16.3. The second-order valence-electron chi connectivity index (χ2n) is 7.16. The quantitative estimate of drug-likeness (QED) is 0.779. The number of hydrogen-bond acceptors (Lipinski definition) is 2. The first-order chi connectivity index (χ1) is 7.92. The van der Waals surface area contributed by atoms with Crippen LogP contribution in [-0.4, -0.2) is 22.9 Å². The molecular weight excluding hydrogens is 212 g/mol. The molecule has 0 aromatic carbocycles. The lowest BCUT2D eigenvalue weighted by atomic mass is 9.47. The summed E-state index contributed by atoms with van der Waals surface area (Å²) in [7, 11) is 0. The van der Waals surface area contributed by atoms with Crippen LogP contribution in [0.1, 0.15) is 59.3 Å². The molecule has 4 atom stereocenters. The van der Waals surface area contributed by atoms with Gasteiger partial charge in [-0.25, -0.2) is 0 Å². The SMILES string of the molecule is CC1(C)CCCC2(C)C(CCO)C(O)CCC12. The molecule has 2 N–H and O–H groups in total. The maximum absolute atomic E-state index is 10.3. The van der Waals surface area contributed by atoms with Crippen molar-refractivity contribution in [3.05, 3.63) is 0 Å². The van der Waals surface area contributed by atoms with Crippen LogP contribution in [-0.2, 0) is 0 Å². The van der Waals surface area contributed by atoms with Crippen molar-refractivity contribution < 1.29 is 10.2 Å². The van der Waals surface area contributed by atoms with E-state index in [1.165, 1.54) is 19.3 Å². The third-order valence-corrected chi connectivity index (χ3v) is 5.78. The van der Waals surface area contributed by atoms with Gasteiger partial charge in [-0.2, -0.15) is 0 Å². The first-order valence-corrected chi connectivity index (χ1v) is 7.21. The Morgan fingerprint density at radius 3 is 2.47 bits per heavy atom. The fourth-order valence-corrected chi connectivity index (χ4v) is 4.97. The van der Waals surface area contributed by atoms with Crippen molar-refractivity contribution in [3.8, 4) is 0 Å². The fourth-order valence-electron chi connectivity index (χ4n) is 4.97. The highest BCUT2D eigenvalue weighted by molar-refractivity contribution is 5.03. The topological polar surface area (TPSA) is 40.5 Å². The monoisotopic (exact) mass is 240 g/mol. The average molecular weight is 240 g/mol. The Morgan fingerprint density at radius 2 is 1.82 bits per heavy atom. The highest BCUT2D eigenvalue weighted by Gasteiger charge is 2.53. The Balaban J connectivity index is 2.28. The van der Waals surface area contributed by atoms with E-state index in [1.54, 1.807) is 0 Å². The first kappa shape index (κ1) is 13.4. The molecule has 0 radical (unpaired) electrons. The summed E-state index contributed by atoms with van der Waals surface area (Å²) in [5.74, 6) is 1.01. The molecule has 100 valence electrons. The number of hydrogen-bond donors (Lipinski definition) is 2. The summed E-state index contributed by atoms with van der Waals surface area (Å²) in [6.07, 6.45) is 6.47. The van der Waals surface area contributed by atoms with Gasteiger partial charge in [-0.05, 0) is 54.8 Å². The van der Waals surface area contributed by atoms with Crippen LogP contribution in [0.5, 0.6) is 0 Å². The van der Waals surface area contributed by atoms with Crippen LogP contribution >= 0.6 is 0 Å². The number of rotatable bonds is 2. The van der Waals surface area contributed by atoms with E-state index in [0.717, 1.165) is 19.3 Å². The van der Waals surface area contributed by atoms with E-state index in [1.807, 2.05) is 0 Å². The van der Waals surface area contributed by atoms with E-state index >= 15 is 0 Å². The Bertz CT molecular complexity index is 274. The summed E-state index contributed by atoms with van der Waals surface area (Å²) in [5.41, 5.74) is 0.642. The summed E-state index contributed by atoms with van der Waals surface area (Å²) in [6.45, 7) is 7.36. The standard InChI is InChI=1S/C15H28O2/c1-14(2)8-4-9-15(3)11(7-10-16)12(17)5-6-13(14)15/h11-13,16-17H,4-10H2,1-3H3. The molecular formula is C15H28O2. The molecule has 2 saturated carbocycles. The van der Waals surface area contributed by atoms with Crippen molar-refractivity contribution in [2.45, 2.75) is 65.4 Å². The van der Waals surface area contributed by atoms with Gasteiger partial charge in [0.25, 0.3) is 0 Å². The van der Waals surface area contributed by atoms with Crippen molar-refractivity contribution in [2.75, 3.05) is 6.61 Å². The van der Waals surface area contributed by atoms with Crippen molar-refractivity contribution in [2.24, 2.45) is 22.7 Å². The molecule has 2 fully saturated rings. The second kappa shape index (κ2) is 4.55. The van der Waals surface area contributed by atoms with Gasteiger partial charge in [0.2, 0.25) is 0 Å². The zero-order valence-electron chi connectivity index (χ0n) is 11.6. The largest absolute Gasteiger partial charge is 0.396 e. The first-order valence-electron chi connectivity index (χ1n) is 7.21. The maximum Gasteiger partial charge on any atom is 0.0574 e. The molecule has 2 heteroatoms. The van der Waals surface area contributed by atoms with Crippen molar-refractivity contribution in [1.82, 2.24) is 0 Å². The minimum atomic E-state index is -0.197. The molecule has 0 aliphatic heterocycles. The Labute approximate surface area is 105 Å². The van der Waals surface area contributed by atoms with Crippen LogP contribution < -0.4 is 0 Å². The van der Waals surface area contributed by atoms with Crippen LogP contribution in [0.25, 0.3) is 0 Å². The van der Waals surface area contributed by atoms with Gasteiger partial charge in [0.15, 0.2) is 0 Å². The Kier molecular flexibility index (Phi) is 3.57. The molecule has 0 heterocycles. The molecule has 0 saturated heterocycles. The van der Waals surface area contributed by atoms with Gasteiger partial charge < -0.3 is 10.2 Å². The maximum atomic E-state index is 10.3. The molecule has 0 spiro atoms. The van der Waals surface area contributed by atoms with E-state index in [4.69, 9.17) is 0 Å². The average Bonchev–Trinajstić information content (AvgIpc) is 2.22. The van der Waals surface area contributed by atoms with Crippen LogP contribution in [0.2, 0.25) is 0 Å². The van der Waals surface area contributed by atoms with E-state index in [-0.39, 0.29) is 18.1 Å². The lowest BCUT2D eigenvalue weighted by Crippen LogP contribution is -2.53. The molecule has 0 bridgehead atoms. The normalized spacial score (nSPS) is 45.4. The summed E-state index contributed by atoms with van der Waals surface area (Å²) in [4.78, 5) is 0.